The number of hydrogen-bond acceptors (Lipinski definition) is 5. The van der Waals surface area contributed by atoms with Gasteiger partial charge in [0.2, 0.25) is 0 Å². The minimum atomic E-state index is 0.487. The van der Waals surface area contributed by atoms with Crippen molar-refractivity contribution >= 4 is 27.4 Å². The quantitative estimate of drug-likeness (QED) is 0.796. The fourth-order valence-corrected chi connectivity index (χ4v) is 4.35. The molecule has 1 aromatic heterocycles. The van der Waals surface area contributed by atoms with Gasteiger partial charge >= 0.3 is 0 Å². The molecule has 24 heavy (non-hydrogen) atoms. The average Bonchev–Trinajstić information content (AvgIpc) is 3.05. The first-order chi connectivity index (χ1) is 11.8. The monoisotopic (exact) mass is 383 g/mol. The van der Waals surface area contributed by atoms with Crippen LogP contribution >= 0.6 is 15.9 Å². The van der Waals surface area contributed by atoms with Gasteiger partial charge in [0.15, 0.2) is 0 Å². The summed E-state index contributed by atoms with van der Waals surface area (Å²) in [5, 5.41) is 9.11. The fraction of sp³-hybridized carbons (Fsp3) is 0.389. The minimum absolute atomic E-state index is 0.487. The molecule has 2 saturated heterocycles. The van der Waals surface area contributed by atoms with E-state index < -0.39 is 0 Å². The van der Waals surface area contributed by atoms with Gasteiger partial charge in [-0.25, -0.2) is 4.98 Å². The molecule has 2 aliphatic rings. The van der Waals surface area contributed by atoms with E-state index in [4.69, 9.17) is 5.26 Å². The summed E-state index contributed by atoms with van der Waals surface area (Å²) in [5.74, 6) is 1.69. The van der Waals surface area contributed by atoms with E-state index in [-0.39, 0.29) is 0 Å². The Bertz CT molecular complexity index is 773. The molecule has 0 aliphatic carbocycles. The highest BCUT2D eigenvalue weighted by Crippen LogP contribution is 2.37. The van der Waals surface area contributed by atoms with Crippen molar-refractivity contribution in [2.24, 2.45) is 5.92 Å². The molecule has 0 amide bonds. The van der Waals surface area contributed by atoms with E-state index in [1.54, 1.807) is 12.4 Å². The smallest absolute Gasteiger partial charge is 0.147 e. The highest BCUT2D eigenvalue weighted by atomic mass is 79.9. The zero-order valence-corrected chi connectivity index (χ0v) is 14.9. The number of aromatic nitrogens is 2. The molecule has 1 aromatic carbocycles. The summed E-state index contributed by atoms with van der Waals surface area (Å²) in [4.78, 5) is 13.5. The topological polar surface area (TPSA) is 56.1 Å². The largest absolute Gasteiger partial charge is 0.366 e. The van der Waals surface area contributed by atoms with Crippen LogP contribution in [-0.2, 0) is 0 Å². The van der Waals surface area contributed by atoms with Gasteiger partial charge in [-0.3, -0.25) is 4.98 Å². The van der Waals surface area contributed by atoms with Crippen LogP contribution in [0.2, 0.25) is 0 Å². The van der Waals surface area contributed by atoms with E-state index in [1.165, 1.54) is 18.5 Å². The third kappa shape index (κ3) is 2.73. The van der Waals surface area contributed by atoms with Crippen LogP contribution < -0.4 is 9.80 Å². The van der Waals surface area contributed by atoms with Crippen molar-refractivity contribution in [1.29, 1.82) is 5.26 Å². The van der Waals surface area contributed by atoms with Crippen molar-refractivity contribution in [2.75, 3.05) is 29.4 Å². The number of halogens is 1. The molecule has 2 aliphatic heterocycles. The van der Waals surface area contributed by atoms with Crippen LogP contribution in [0.25, 0.3) is 0 Å². The molecule has 0 saturated carbocycles. The van der Waals surface area contributed by atoms with Gasteiger partial charge in [0.1, 0.15) is 11.9 Å². The number of benzene rings is 1. The van der Waals surface area contributed by atoms with Gasteiger partial charge in [0.05, 0.1) is 11.8 Å². The Morgan fingerprint density at radius 3 is 2.83 bits per heavy atom. The lowest BCUT2D eigenvalue weighted by Crippen LogP contribution is -2.48. The second kappa shape index (κ2) is 6.40. The number of fused-ring (bicyclic) bond motifs is 1. The Morgan fingerprint density at radius 2 is 2.08 bits per heavy atom. The molecule has 0 radical (unpaired) electrons. The standard InChI is InChI=1S/C18H18BrN5/c19-16-9-15(2-1-14(16)10-20)24-8-4-13-3-7-23(12-17(13)24)18-11-21-5-6-22-18/h1-2,5-6,9,11,13,17H,3-4,7-8,12H2. The van der Waals surface area contributed by atoms with E-state index >= 15 is 0 Å². The van der Waals surface area contributed by atoms with E-state index in [1.807, 2.05) is 12.3 Å². The molecule has 2 unspecified atom stereocenters. The van der Waals surface area contributed by atoms with Crippen molar-refractivity contribution in [3.63, 3.8) is 0 Å². The van der Waals surface area contributed by atoms with E-state index in [9.17, 15) is 0 Å². The normalized spacial score (nSPS) is 23.0. The van der Waals surface area contributed by atoms with Crippen molar-refractivity contribution in [3.05, 3.63) is 46.8 Å². The molecule has 2 atom stereocenters. The predicted molar refractivity (Wildman–Crippen MR) is 97.0 cm³/mol. The van der Waals surface area contributed by atoms with Crippen LogP contribution in [0.5, 0.6) is 0 Å². The maximum absolute atomic E-state index is 9.11. The molecule has 6 heteroatoms. The van der Waals surface area contributed by atoms with Gasteiger partial charge in [-0.2, -0.15) is 5.26 Å². The third-order valence-electron chi connectivity index (χ3n) is 5.14. The average molecular weight is 384 g/mol. The van der Waals surface area contributed by atoms with Crippen LogP contribution in [0.15, 0.2) is 41.3 Å². The summed E-state index contributed by atoms with van der Waals surface area (Å²) < 4.78 is 0.868. The summed E-state index contributed by atoms with van der Waals surface area (Å²) >= 11 is 3.51. The molecule has 3 heterocycles. The summed E-state index contributed by atoms with van der Waals surface area (Å²) in [6.07, 6.45) is 7.74. The minimum Gasteiger partial charge on any atom is -0.366 e. The lowest BCUT2D eigenvalue weighted by Gasteiger charge is -2.39. The lowest BCUT2D eigenvalue weighted by atomic mass is 9.92. The first kappa shape index (κ1) is 15.4. The molecule has 2 fully saturated rings. The number of anilines is 2. The highest BCUT2D eigenvalue weighted by molar-refractivity contribution is 9.10. The molecule has 0 bridgehead atoms. The first-order valence-corrected chi connectivity index (χ1v) is 9.03. The molecule has 4 rings (SSSR count). The Labute approximate surface area is 150 Å². The second-order valence-corrected chi connectivity index (χ2v) is 7.24. The lowest BCUT2D eigenvalue weighted by molar-refractivity contribution is 0.389. The van der Waals surface area contributed by atoms with Crippen LogP contribution in [0.4, 0.5) is 11.5 Å². The van der Waals surface area contributed by atoms with Crippen LogP contribution in [0.1, 0.15) is 18.4 Å². The molecule has 2 aromatic rings. The van der Waals surface area contributed by atoms with Gasteiger partial charge in [-0.15, -0.1) is 0 Å². The fourth-order valence-electron chi connectivity index (χ4n) is 3.90. The van der Waals surface area contributed by atoms with E-state index in [0.29, 0.717) is 11.6 Å². The first-order valence-electron chi connectivity index (χ1n) is 8.23. The zero-order chi connectivity index (χ0) is 16.5. The SMILES string of the molecule is N#Cc1ccc(N2CCC3CCN(c4cnccn4)CC32)cc1Br. The van der Waals surface area contributed by atoms with Crippen LogP contribution in [0, 0.1) is 17.2 Å². The van der Waals surface area contributed by atoms with Gasteiger partial charge in [-0.05, 0) is 52.9 Å². The van der Waals surface area contributed by atoms with Gasteiger partial charge in [-0.1, -0.05) is 0 Å². The molecule has 5 nitrogen and oxygen atoms in total. The van der Waals surface area contributed by atoms with Gasteiger partial charge in [0, 0.05) is 48.2 Å². The summed E-state index contributed by atoms with van der Waals surface area (Å²) in [7, 11) is 0. The summed E-state index contributed by atoms with van der Waals surface area (Å²) in [5.41, 5.74) is 1.87. The number of rotatable bonds is 2. The second-order valence-electron chi connectivity index (χ2n) is 6.38. The summed E-state index contributed by atoms with van der Waals surface area (Å²) in [6.45, 7) is 3.09. The van der Waals surface area contributed by atoms with Crippen LogP contribution in [-0.4, -0.2) is 35.6 Å². The van der Waals surface area contributed by atoms with Crippen molar-refractivity contribution < 1.29 is 0 Å². The Kier molecular flexibility index (Phi) is 4.11. The summed E-state index contributed by atoms with van der Waals surface area (Å²) in [6, 6.07) is 8.73. The number of piperidine rings is 1. The maximum atomic E-state index is 9.11. The zero-order valence-electron chi connectivity index (χ0n) is 13.3. The molecule has 0 spiro atoms. The van der Waals surface area contributed by atoms with Crippen LogP contribution in [0.3, 0.4) is 0 Å². The third-order valence-corrected chi connectivity index (χ3v) is 5.80. The predicted octanol–water partition coefficient (Wildman–Crippen LogP) is 3.22. The van der Waals surface area contributed by atoms with Crippen molar-refractivity contribution in [3.8, 4) is 6.07 Å². The molecular formula is C18H18BrN5. The molecular weight excluding hydrogens is 366 g/mol. The highest BCUT2D eigenvalue weighted by Gasteiger charge is 2.38. The van der Waals surface area contributed by atoms with Crippen molar-refractivity contribution in [2.45, 2.75) is 18.9 Å². The Balaban J connectivity index is 1.58. The van der Waals surface area contributed by atoms with E-state index in [0.717, 1.165) is 35.8 Å². The number of hydrogen-bond donors (Lipinski definition) is 0. The number of nitriles is 1. The molecule has 122 valence electrons. The number of nitrogens with zero attached hydrogens (tertiary/aromatic N) is 5. The van der Waals surface area contributed by atoms with Gasteiger partial charge in [0.25, 0.3) is 0 Å². The van der Waals surface area contributed by atoms with Crippen molar-refractivity contribution in [1.82, 2.24) is 9.97 Å². The maximum Gasteiger partial charge on any atom is 0.147 e. The van der Waals surface area contributed by atoms with E-state index in [2.05, 4.69) is 53.9 Å². The Morgan fingerprint density at radius 1 is 1.21 bits per heavy atom. The van der Waals surface area contributed by atoms with Gasteiger partial charge < -0.3 is 9.80 Å². The Hall–Kier alpha value is -2.13. The molecule has 0 N–H and O–H groups in total.